The van der Waals surface area contributed by atoms with Crippen LogP contribution in [0.25, 0.3) is 0 Å². The van der Waals surface area contributed by atoms with E-state index < -0.39 is 0 Å². The third-order valence-corrected chi connectivity index (χ3v) is 3.66. The third-order valence-electron chi connectivity index (χ3n) is 2.54. The zero-order valence-corrected chi connectivity index (χ0v) is 9.39. The van der Waals surface area contributed by atoms with Gasteiger partial charge in [-0.1, -0.05) is 6.42 Å². The molecule has 4 heteroatoms. The zero-order valence-electron chi connectivity index (χ0n) is 8.57. The SMILES string of the molecule is Cn1cc(SCC2CCCCN2)cn1. The number of aryl methyl sites for hydroxylation is 1. The van der Waals surface area contributed by atoms with E-state index in [4.69, 9.17) is 0 Å². The number of piperidine rings is 1. The first-order valence-electron chi connectivity index (χ1n) is 5.19. The molecule has 1 aliphatic rings. The van der Waals surface area contributed by atoms with Crippen molar-refractivity contribution in [3.63, 3.8) is 0 Å². The van der Waals surface area contributed by atoms with E-state index in [-0.39, 0.29) is 0 Å². The first kappa shape index (κ1) is 10.1. The Balaban J connectivity index is 1.76. The minimum atomic E-state index is 0.703. The molecule has 0 aromatic carbocycles. The van der Waals surface area contributed by atoms with Gasteiger partial charge in [-0.15, -0.1) is 11.8 Å². The number of nitrogens with one attached hydrogen (secondary N) is 1. The average molecular weight is 211 g/mol. The second kappa shape index (κ2) is 4.84. The number of aromatic nitrogens is 2. The quantitative estimate of drug-likeness (QED) is 0.771. The van der Waals surface area contributed by atoms with Gasteiger partial charge in [0.05, 0.1) is 6.20 Å². The van der Waals surface area contributed by atoms with Crippen molar-refractivity contribution in [3.8, 4) is 0 Å². The Labute approximate surface area is 89.3 Å². The van der Waals surface area contributed by atoms with Crippen LogP contribution in [0.15, 0.2) is 17.3 Å². The Kier molecular flexibility index (Phi) is 3.48. The second-order valence-corrected chi connectivity index (χ2v) is 4.90. The van der Waals surface area contributed by atoms with Gasteiger partial charge in [0.2, 0.25) is 0 Å². The van der Waals surface area contributed by atoms with Crippen LogP contribution in [0, 0.1) is 0 Å². The molecule has 0 bridgehead atoms. The molecule has 1 fully saturated rings. The monoisotopic (exact) mass is 211 g/mol. The summed E-state index contributed by atoms with van der Waals surface area (Å²) < 4.78 is 1.86. The fourth-order valence-corrected chi connectivity index (χ4v) is 2.76. The van der Waals surface area contributed by atoms with Crippen LogP contribution in [0.4, 0.5) is 0 Å². The number of nitrogens with zero attached hydrogens (tertiary/aromatic N) is 2. The van der Waals surface area contributed by atoms with E-state index in [0.29, 0.717) is 6.04 Å². The number of rotatable bonds is 3. The van der Waals surface area contributed by atoms with Crippen molar-refractivity contribution in [2.45, 2.75) is 30.2 Å². The van der Waals surface area contributed by atoms with Crippen LogP contribution in [0.1, 0.15) is 19.3 Å². The second-order valence-electron chi connectivity index (χ2n) is 3.81. The smallest absolute Gasteiger partial charge is 0.0625 e. The van der Waals surface area contributed by atoms with Gasteiger partial charge in [-0.2, -0.15) is 5.10 Å². The third kappa shape index (κ3) is 2.75. The van der Waals surface area contributed by atoms with Gasteiger partial charge in [-0.25, -0.2) is 0 Å². The molecule has 0 saturated carbocycles. The summed E-state index contributed by atoms with van der Waals surface area (Å²) in [5, 5.41) is 7.70. The molecule has 14 heavy (non-hydrogen) atoms. The number of thioether (sulfide) groups is 1. The predicted octanol–water partition coefficient (Wildman–Crippen LogP) is 1.65. The van der Waals surface area contributed by atoms with Crippen molar-refractivity contribution in [1.29, 1.82) is 0 Å². The normalized spacial score (nSPS) is 22.5. The van der Waals surface area contributed by atoms with Gasteiger partial charge in [0, 0.05) is 29.9 Å². The first-order chi connectivity index (χ1) is 6.84. The average Bonchev–Trinajstić information content (AvgIpc) is 2.63. The fourth-order valence-electron chi connectivity index (χ4n) is 1.74. The summed E-state index contributed by atoms with van der Waals surface area (Å²) in [5.41, 5.74) is 0. The van der Waals surface area contributed by atoms with E-state index in [2.05, 4.69) is 16.6 Å². The van der Waals surface area contributed by atoms with Crippen LogP contribution in [0.5, 0.6) is 0 Å². The molecule has 0 amide bonds. The predicted molar refractivity (Wildman–Crippen MR) is 59.6 cm³/mol. The van der Waals surface area contributed by atoms with Crippen molar-refractivity contribution in [2.75, 3.05) is 12.3 Å². The van der Waals surface area contributed by atoms with Crippen LogP contribution in [-0.4, -0.2) is 28.1 Å². The molecule has 1 N–H and O–H groups in total. The Morgan fingerprint density at radius 1 is 1.64 bits per heavy atom. The number of hydrogen-bond acceptors (Lipinski definition) is 3. The van der Waals surface area contributed by atoms with Crippen molar-refractivity contribution in [2.24, 2.45) is 7.05 Å². The van der Waals surface area contributed by atoms with E-state index in [1.807, 2.05) is 29.7 Å². The maximum atomic E-state index is 4.16. The minimum Gasteiger partial charge on any atom is -0.313 e. The molecule has 2 heterocycles. The summed E-state index contributed by atoms with van der Waals surface area (Å²) in [5.74, 6) is 1.17. The fraction of sp³-hybridized carbons (Fsp3) is 0.700. The standard InChI is InChI=1S/C10H17N3S/c1-13-7-10(6-12-13)14-8-9-4-2-3-5-11-9/h6-7,9,11H,2-5,8H2,1H3. The van der Waals surface area contributed by atoms with Crippen LogP contribution >= 0.6 is 11.8 Å². The topological polar surface area (TPSA) is 29.9 Å². The van der Waals surface area contributed by atoms with E-state index in [1.165, 1.54) is 36.5 Å². The highest BCUT2D eigenvalue weighted by Crippen LogP contribution is 2.20. The Hall–Kier alpha value is -0.480. The lowest BCUT2D eigenvalue weighted by Gasteiger charge is -2.22. The van der Waals surface area contributed by atoms with Crippen LogP contribution in [0.3, 0.4) is 0 Å². The maximum absolute atomic E-state index is 4.16. The molecular formula is C10H17N3S. The molecule has 2 rings (SSSR count). The molecule has 1 atom stereocenters. The van der Waals surface area contributed by atoms with Crippen LogP contribution < -0.4 is 5.32 Å². The van der Waals surface area contributed by atoms with Gasteiger partial charge in [0.1, 0.15) is 0 Å². The van der Waals surface area contributed by atoms with Crippen LogP contribution in [0.2, 0.25) is 0 Å². The molecule has 0 spiro atoms. The Morgan fingerprint density at radius 3 is 3.21 bits per heavy atom. The van der Waals surface area contributed by atoms with Crippen molar-refractivity contribution in [1.82, 2.24) is 15.1 Å². The van der Waals surface area contributed by atoms with Gasteiger partial charge >= 0.3 is 0 Å². The molecule has 0 radical (unpaired) electrons. The largest absolute Gasteiger partial charge is 0.313 e. The summed E-state index contributed by atoms with van der Waals surface area (Å²) in [6.45, 7) is 1.19. The summed E-state index contributed by atoms with van der Waals surface area (Å²) in [7, 11) is 1.96. The molecule has 1 aromatic heterocycles. The molecule has 3 nitrogen and oxygen atoms in total. The summed E-state index contributed by atoms with van der Waals surface area (Å²) in [4.78, 5) is 1.28. The van der Waals surface area contributed by atoms with Crippen molar-refractivity contribution < 1.29 is 0 Å². The highest BCUT2D eigenvalue weighted by Gasteiger charge is 2.12. The van der Waals surface area contributed by atoms with Crippen molar-refractivity contribution in [3.05, 3.63) is 12.4 Å². The summed E-state index contributed by atoms with van der Waals surface area (Å²) >= 11 is 1.90. The molecular weight excluding hydrogens is 194 g/mol. The molecule has 1 saturated heterocycles. The molecule has 0 aliphatic carbocycles. The molecule has 1 aromatic rings. The summed E-state index contributed by atoms with van der Waals surface area (Å²) in [6.07, 6.45) is 8.06. The van der Waals surface area contributed by atoms with Gasteiger partial charge in [-0.05, 0) is 19.4 Å². The minimum absolute atomic E-state index is 0.703. The lowest BCUT2D eigenvalue weighted by Crippen LogP contribution is -2.35. The number of hydrogen-bond donors (Lipinski definition) is 1. The van der Waals surface area contributed by atoms with Gasteiger partial charge in [0.25, 0.3) is 0 Å². The molecule has 78 valence electrons. The lowest BCUT2D eigenvalue weighted by molar-refractivity contribution is 0.430. The maximum Gasteiger partial charge on any atom is 0.0625 e. The van der Waals surface area contributed by atoms with E-state index >= 15 is 0 Å². The summed E-state index contributed by atoms with van der Waals surface area (Å²) in [6, 6.07) is 0.703. The van der Waals surface area contributed by atoms with E-state index in [1.54, 1.807) is 0 Å². The van der Waals surface area contributed by atoms with Gasteiger partial charge < -0.3 is 5.32 Å². The first-order valence-corrected chi connectivity index (χ1v) is 6.18. The Morgan fingerprint density at radius 2 is 2.57 bits per heavy atom. The highest BCUT2D eigenvalue weighted by atomic mass is 32.2. The molecule has 1 aliphatic heterocycles. The Bertz CT molecular complexity index is 279. The van der Waals surface area contributed by atoms with E-state index in [9.17, 15) is 0 Å². The highest BCUT2D eigenvalue weighted by molar-refractivity contribution is 7.99. The zero-order chi connectivity index (χ0) is 9.80. The molecule has 1 unspecified atom stereocenters. The van der Waals surface area contributed by atoms with Crippen molar-refractivity contribution >= 4 is 11.8 Å². The van der Waals surface area contributed by atoms with Gasteiger partial charge in [0.15, 0.2) is 0 Å². The van der Waals surface area contributed by atoms with Gasteiger partial charge in [-0.3, -0.25) is 4.68 Å². The van der Waals surface area contributed by atoms with E-state index in [0.717, 1.165) is 0 Å². The lowest BCUT2D eigenvalue weighted by atomic mass is 10.1. The van der Waals surface area contributed by atoms with Crippen LogP contribution in [-0.2, 0) is 7.05 Å².